The Bertz CT molecular complexity index is 406. The Morgan fingerprint density at radius 3 is 2.30 bits per heavy atom. The Morgan fingerprint density at radius 1 is 1.05 bits per heavy atom. The molecule has 0 spiro atoms. The first kappa shape index (κ1) is 16.5. The zero-order valence-electron chi connectivity index (χ0n) is 11.9. The summed E-state index contributed by atoms with van der Waals surface area (Å²) >= 11 is 0. The number of rotatable bonds is 10. The molecule has 0 bridgehead atoms. The topological polar surface area (TPSA) is 83.5 Å². The molecule has 0 saturated carbocycles. The number of para-hydroxylation sites is 1. The third-order valence-corrected chi connectivity index (χ3v) is 3.52. The van der Waals surface area contributed by atoms with Gasteiger partial charge < -0.3 is 15.9 Å². The molecule has 0 aromatic heterocycles. The minimum Gasteiger partial charge on any atom is -0.508 e. The van der Waals surface area contributed by atoms with Gasteiger partial charge in [0.15, 0.2) is 0 Å². The summed E-state index contributed by atoms with van der Waals surface area (Å²) in [5.74, 6) is -0.525. The van der Waals surface area contributed by atoms with Gasteiger partial charge in [-0.15, -0.1) is 0 Å². The van der Waals surface area contributed by atoms with E-state index < -0.39 is 12.0 Å². The molecule has 4 heteroatoms. The van der Waals surface area contributed by atoms with Crippen molar-refractivity contribution >= 4 is 5.97 Å². The van der Waals surface area contributed by atoms with Gasteiger partial charge in [0.1, 0.15) is 11.8 Å². The third kappa shape index (κ3) is 6.57. The number of phenolic OH excluding ortho intramolecular Hbond substituents is 1. The fourth-order valence-corrected chi connectivity index (χ4v) is 2.23. The van der Waals surface area contributed by atoms with Crippen molar-refractivity contribution in [2.24, 2.45) is 5.73 Å². The Kier molecular flexibility index (Phi) is 7.73. The summed E-state index contributed by atoms with van der Waals surface area (Å²) in [6, 6.07) is 6.75. The molecule has 0 aliphatic heterocycles. The number of nitrogens with two attached hydrogens (primary N) is 1. The molecule has 0 saturated heterocycles. The summed E-state index contributed by atoms with van der Waals surface area (Å²) in [5, 5.41) is 18.3. The van der Waals surface area contributed by atoms with Crippen molar-refractivity contribution in [3.63, 3.8) is 0 Å². The monoisotopic (exact) mass is 279 g/mol. The molecule has 1 atom stereocenters. The molecule has 112 valence electrons. The molecule has 4 nitrogen and oxygen atoms in total. The molecule has 1 aromatic rings. The molecular weight excluding hydrogens is 254 g/mol. The van der Waals surface area contributed by atoms with Crippen molar-refractivity contribution < 1.29 is 15.0 Å². The standard InChI is InChI=1S/C16H25NO3/c17-14(16(19)20)11-6-4-2-1-3-5-9-13-10-7-8-12-15(13)18/h7-8,10,12,14,18H,1-6,9,11,17H2,(H,19,20). The van der Waals surface area contributed by atoms with Crippen LogP contribution in [0.2, 0.25) is 0 Å². The lowest BCUT2D eigenvalue weighted by atomic mass is 10.0. The highest BCUT2D eigenvalue weighted by Gasteiger charge is 2.09. The smallest absolute Gasteiger partial charge is 0.320 e. The first-order valence-corrected chi connectivity index (χ1v) is 7.36. The SMILES string of the molecule is NC(CCCCCCCCc1ccccc1O)C(=O)O. The second kappa shape index (κ2) is 9.37. The molecule has 0 aliphatic carbocycles. The summed E-state index contributed by atoms with van der Waals surface area (Å²) < 4.78 is 0. The lowest BCUT2D eigenvalue weighted by molar-refractivity contribution is -0.138. The van der Waals surface area contributed by atoms with Gasteiger partial charge in [-0.1, -0.05) is 50.3 Å². The number of carboxylic acids is 1. The molecule has 4 N–H and O–H groups in total. The molecule has 0 aliphatic rings. The minimum atomic E-state index is -0.910. The predicted octanol–water partition coefficient (Wildman–Crippen LogP) is 3.08. The van der Waals surface area contributed by atoms with Crippen molar-refractivity contribution in [3.8, 4) is 5.75 Å². The lowest BCUT2D eigenvalue weighted by Crippen LogP contribution is -2.29. The van der Waals surface area contributed by atoms with E-state index in [1.54, 1.807) is 6.07 Å². The van der Waals surface area contributed by atoms with E-state index in [4.69, 9.17) is 10.8 Å². The van der Waals surface area contributed by atoms with Gasteiger partial charge in [-0.2, -0.15) is 0 Å². The Labute approximate surface area is 120 Å². The van der Waals surface area contributed by atoms with E-state index in [0.717, 1.165) is 50.5 Å². The number of hydrogen-bond donors (Lipinski definition) is 3. The molecule has 0 heterocycles. The van der Waals surface area contributed by atoms with Crippen LogP contribution < -0.4 is 5.73 Å². The van der Waals surface area contributed by atoms with Crippen LogP contribution in [0.3, 0.4) is 0 Å². The summed E-state index contributed by atoms with van der Waals surface area (Å²) in [6.45, 7) is 0. The molecule has 1 unspecified atom stereocenters. The zero-order valence-corrected chi connectivity index (χ0v) is 11.9. The first-order valence-electron chi connectivity index (χ1n) is 7.36. The summed E-state index contributed by atoms with van der Waals surface area (Å²) in [4.78, 5) is 10.5. The molecule has 0 amide bonds. The number of phenols is 1. The fourth-order valence-electron chi connectivity index (χ4n) is 2.23. The molecule has 0 fully saturated rings. The Balaban J connectivity index is 1.98. The number of aromatic hydroxyl groups is 1. The normalized spacial score (nSPS) is 12.2. The second-order valence-electron chi connectivity index (χ2n) is 5.23. The highest BCUT2D eigenvalue weighted by Crippen LogP contribution is 2.18. The van der Waals surface area contributed by atoms with E-state index in [2.05, 4.69) is 0 Å². The number of hydrogen-bond acceptors (Lipinski definition) is 3. The van der Waals surface area contributed by atoms with E-state index in [9.17, 15) is 9.90 Å². The fraction of sp³-hybridized carbons (Fsp3) is 0.562. The van der Waals surface area contributed by atoms with Crippen molar-refractivity contribution in [1.29, 1.82) is 0 Å². The van der Waals surface area contributed by atoms with Crippen LogP contribution in [0.5, 0.6) is 5.75 Å². The van der Waals surface area contributed by atoms with Crippen LogP contribution in [-0.4, -0.2) is 22.2 Å². The van der Waals surface area contributed by atoms with Gasteiger partial charge >= 0.3 is 5.97 Å². The molecule has 1 aromatic carbocycles. The number of benzene rings is 1. The van der Waals surface area contributed by atoms with Crippen molar-refractivity contribution in [1.82, 2.24) is 0 Å². The minimum absolute atomic E-state index is 0.384. The van der Waals surface area contributed by atoms with Crippen LogP contribution in [-0.2, 0) is 11.2 Å². The van der Waals surface area contributed by atoms with Crippen LogP contribution >= 0.6 is 0 Å². The van der Waals surface area contributed by atoms with Gasteiger partial charge in [0, 0.05) is 0 Å². The zero-order chi connectivity index (χ0) is 14.8. The highest BCUT2D eigenvalue weighted by atomic mass is 16.4. The van der Waals surface area contributed by atoms with Crippen molar-refractivity contribution in [2.75, 3.05) is 0 Å². The van der Waals surface area contributed by atoms with Crippen molar-refractivity contribution in [2.45, 2.75) is 57.4 Å². The lowest BCUT2D eigenvalue weighted by Gasteiger charge is -2.06. The number of carbonyl (C=O) groups is 1. The molecule has 1 rings (SSSR count). The highest BCUT2D eigenvalue weighted by molar-refractivity contribution is 5.72. The van der Waals surface area contributed by atoms with Gasteiger partial charge in [-0.25, -0.2) is 0 Å². The van der Waals surface area contributed by atoms with Crippen LogP contribution in [0.25, 0.3) is 0 Å². The van der Waals surface area contributed by atoms with Gasteiger partial charge in [0.05, 0.1) is 0 Å². The Hall–Kier alpha value is -1.55. The van der Waals surface area contributed by atoms with E-state index in [0.29, 0.717) is 12.2 Å². The van der Waals surface area contributed by atoms with E-state index in [1.807, 2.05) is 18.2 Å². The van der Waals surface area contributed by atoms with Gasteiger partial charge in [-0.3, -0.25) is 4.79 Å². The van der Waals surface area contributed by atoms with E-state index in [-0.39, 0.29) is 0 Å². The summed E-state index contributed by atoms with van der Waals surface area (Å²) in [6.07, 6.45) is 7.88. The number of aryl methyl sites for hydroxylation is 1. The maximum atomic E-state index is 10.5. The maximum Gasteiger partial charge on any atom is 0.320 e. The van der Waals surface area contributed by atoms with Crippen LogP contribution in [0.1, 0.15) is 50.5 Å². The van der Waals surface area contributed by atoms with E-state index >= 15 is 0 Å². The molecule has 20 heavy (non-hydrogen) atoms. The van der Waals surface area contributed by atoms with E-state index in [1.165, 1.54) is 0 Å². The maximum absolute atomic E-state index is 10.5. The average molecular weight is 279 g/mol. The number of unbranched alkanes of at least 4 members (excludes halogenated alkanes) is 5. The van der Waals surface area contributed by atoms with Crippen molar-refractivity contribution in [3.05, 3.63) is 29.8 Å². The second-order valence-corrected chi connectivity index (χ2v) is 5.23. The van der Waals surface area contributed by atoms with Crippen LogP contribution in [0, 0.1) is 0 Å². The average Bonchev–Trinajstić information content (AvgIpc) is 2.43. The first-order chi connectivity index (χ1) is 9.61. The molecule has 0 radical (unpaired) electrons. The Morgan fingerprint density at radius 2 is 1.65 bits per heavy atom. The third-order valence-electron chi connectivity index (χ3n) is 3.52. The summed E-state index contributed by atoms with van der Waals surface area (Å²) in [5.41, 5.74) is 6.45. The van der Waals surface area contributed by atoms with Gasteiger partial charge in [-0.05, 0) is 30.9 Å². The van der Waals surface area contributed by atoms with Gasteiger partial charge in [0.2, 0.25) is 0 Å². The number of aliphatic carboxylic acids is 1. The van der Waals surface area contributed by atoms with Gasteiger partial charge in [0.25, 0.3) is 0 Å². The molecular formula is C16H25NO3. The largest absolute Gasteiger partial charge is 0.508 e. The van der Waals surface area contributed by atoms with Crippen LogP contribution in [0.15, 0.2) is 24.3 Å². The van der Waals surface area contributed by atoms with Crippen LogP contribution in [0.4, 0.5) is 0 Å². The quantitative estimate of drug-likeness (QED) is 0.575. The summed E-state index contributed by atoms with van der Waals surface area (Å²) in [7, 11) is 0. The predicted molar refractivity (Wildman–Crippen MR) is 79.7 cm³/mol. The number of carboxylic acid groups (broad SMARTS) is 1.